The summed E-state index contributed by atoms with van der Waals surface area (Å²) in [5, 5.41) is 7.56. The van der Waals surface area contributed by atoms with Gasteiger partial charge in [0.25, 0.3) is 0 Å². The molecular weight excluding hydrogens is 473 g/mol. The first-order valence-electron chi connectivity index (χ1n) is 10.8. The van der Waals surface area contributed by atoms with E-state index in [2.05, 4.69) is 15.8 Å². The van der Waals surface area contributed by atoms with Crippen LogP contribution in [0.1, 0.15) is 36.1 Å². The van der Waals surface area contributed by atoms with E-state index < -0.39 is 11.8 Å². The van der Waals surface area contributed by atoms with E-state index in [1.165, 1.54) is 6.21 Å². The zero-order valence-electron chi connectivity index (χ0n) is 18.9. The second kappa shape index (κ2) is 12.2. The standard InChI is InChI=1S/C26H25Cl2N3O3/c1-3-19-8-6-9-20(4-2)24(19)30-25(32)26(33)31-29-15-17-7-5-10-21(13-17)34-16-18-11-12-22(27)23(28)14-18/h5-15H,3-4,16H2,1-2H3,(H,30,32)(H,31,33)/b29-15-. The van der Waals surface area contributed by atoms with Crippen molar-refractivity contribution in [2.75, 3.05) is 5.32 Å². The molecule has 0 saturated carbocycles. The smallest absolute Gasteiger partial charge is 0.329 e. The summed E-state index contributed by atoms with van der Waals surface area (Å²) < 4.78 is 5.79. The van der Waals surface area contributed by atoms with Gasteiger partial charge in [0.1, 0.15) is 12.4 Å². The lowest BCUT2D eigenvalue weighted by Crippen LogP contribution is -2.33. The number of nitrogens with zero attached hydrogens (tertiary/aromatic N) is 1. The Labute approximate surface area is 208 Å². The normalized spacial score (nSPS) is 10.8. The number of halogens is 2. The van der Waals surface area contributed by atoms with Gasteiger partial charge in [-0.25, -0.2) is 5.43 Å². The number of hydrogen-bond donors (Lipinski definition) is 2. The van der Waals surface area contributed by atoms with Crippen LogP contribution >= 0.6 is 23.2 Å². The minimum Gasteiger partial charge on any atom is -0.489 e. The summed E-state index contributed by atoms with van der Waals surface area (Å²) in [7, 11) is 0. The number of benzene rings is 3. The number of ether oxygens (including phenoxy) is 1. The van der Waals surface area contributed by atoms with Crippen molar-refractivity contribution in [2.45, 2.75) is 33.3 Å². The van der Waals surface area contributed by atoms with Crippen molar-refractivity contribution in [1.82, 2.24) is 5.43 Å². The fraction of sp³-hybridized carbons (Fsp3) is 0.192. The first-order valence-corrected chi connectivity index (χ1v) is 11.6. The largest absolute Gasteiger partial charge is 0.489 e. The summed E-state index contributed by atoms with van der Waals surface area (Å²) in [6.07, 6.45) is 2.92. The van der Waals surface area contributed by atoms with Crippen LogP contribution in [0.5, 0.6) is 5.75 Å². The molecule has 2 amide bonds. The lowest BCUT2D eigenvalue weighted by molar-refractivity contribution is -0.136. The first kappa shape index (κ1) is 25.3. The Morgan fingerprint density at radius 2 is 1.62 bits per heavy atom. The van der Waals surface area contributed by atoms with Gasteiger partial charge < -0.3 is 10.1 Å². The van der Waals surface area contributed by atoms with Gasteiger partial charge >= 0.3 is 11.8 Å². The van der Waals surface area contributed by atoms with Crippen LogP contribution < -0.4 is 15.5 Å². The number of anilines is 1. The Hall–Kier alpha value is -3.35. The first-order chi connectivity index (χ1) is 16.4. The predicted molar refractivity (Wildman–Crippen MR) is 137 cm³/mol. The highest BCUT2D eigenvalue weighted by molar-refractivity contribution is 6.42. The third-order valence-corrected chi connectivity index (χ3v) is 5.81. The monoisotopic (exact) mass is 497 g/mol. The maximum absolute atomic E-state index is 12.4. The van der Waals surface area contributed by atoms with Crippen LogP contribution in [-0.2, 0) is 29.0 Å². The number of amides is 2. The van der Waals surface area contributed by atoms with Gasteiger partial charge in [-0.1, -0.05) is 73.4 Å². The van der Waals surface area contributed by atoms with Crippen LogP contribution in [0.25, 0.3) is 0 Å². The van der Waals surface area contributed by atoms with Gasteiger partial charge in [-0.3, -0.25) is 9.59 Å². The summed E-state index contributed by atoms with van der Waals surface area (Å²) in [4.78, 5) is 24.6. The highest BCUT2D eigenvalue weighted by Crippen LogP contribution is 2.24. The molecule has 0 unspecified atom stereocenters. The van der Waals surface area contributed by atoms with E-state index in [1.807, 2.05) is 38.1 Å². The highest BCUT2D eigenvalue weighted by Gasteiger charge is 2.16. The summed E-state index contributed by atoms with van der Waals surface area (Å²) in [5.74, 6) is -1.01. The number of carbonyl (C=O) groups is 2. The number of aryl methyl sites for hydroxylation is 2. The molecule has 0 radical (unpaired) electrons. The van der Waals surface area contributed by atoms with Gasteiger partial charge in [0, 0.05) is 5.69 Å². The molecule has 0 aliphatic carbocycles. The maximum Gasteiger partial charge on any atom is 0.329 e. The van der Waals surface area contributed by atoms with E-state index >= 15 is 0 Å². The molecule has 2 N–H and O–H groups in total. The van der Waals surface area contributed by atoms with Crippen molar-refractivity contribution >= 4 is 46.9 Å². The topological polar surface area (TPSA) is 79.8 Å². The number of carbonyl (C=O) groups excluding carboxylic acids is 2. The number of rotatable bonds is 8. The summed E-state index contributed by atoms with van der Waals surface area (Å²) in [5.41, 5.74) is 6.47. The summed E-state index contributed by atoms with van der Waals surface area (Å²) in [6.45, 7) is 4.31. The highest BCUT2D eigenvalue weighted by atomic mass is 35.5. The van der Waals surface area contributed by atoms with Crippen LogP contribution in [-0.4, -0.2) is 18.0 Å². The molecule has 0 spiro atoms. The second-order valence-electron chi connectivity index (χ2n) is 7.42. The van der Waals surface area contributed by atoms with Crippen LogP contribution in [0.15, 0.2) is 65.8 Å². The van der Waals surface area contributed by atoms with Gasteiger partial charge in [-0.05, 0) is 59.4 Å². The number of hydrogen-bond acceptors (Lipinski definition) is 4. The van der Waals surface area contributed by atoms with Crippen molar-refractivity contribution < 1.29 is 14.3 Å². The van der Waals surface area contributed by atoms with Crippen LogP contribution in [0.3, 0.4) is 0 Å². The molecule has 3 aromatic rings. The number of para-hydroxylation sites is 1. The van der Waals surface area contributed by atoms with Crippen LogP contribution in [0.2, 0.25) is 10.0 Å². The van der Waals surface area contributed by atoms with Gasteiger partial charge in [0.2, 0.25) is 0 Å². The molecule has 0 bridgehead atoms. The van der Waals surface area contributed by atoms with Crippen LogP contribution in [0.4, 0.5) is 5.69 Å². The Morgan fingerprint density at radius 3 is 2.29 bits per heavy atom. The van der Waals surface area contributed by atoms with Crippen molar-refractivity contribution in [2.24, 2.45) is 5.10 Å². The molecule has 34 heavy (non-hydrogen) atoms. The van der Waals surface area contributed by atoms with Crippen molar-refractivity contribution in [3.8, 4) is 5.75 Å². The van der Waals surface area contributed by atoms with E-state index in [0.717, 1.165) is 29.5 Å². The molecule has 3 aromatic carbocycles. The van der Waals surface area contributed by atoms with Crippen molar-refractivity contribution in [1.29, 1.82) is 0 Å². The van der Waals surface area contributed by atoms with E-state index in [9.17, 15) is 9.59 Å². The molecule has 8 heteroatoms. The quantitative estimate of drug-likeness (QED) is 0.235. The summed E-state index contributed by atoms with van der Waals surface area (Å²) >= 11 is 12.0. The molecular formula is C26H25Cl2N3O3. The Bertz CT molecular complexity index is 1190. The molecule has 0 heterocycles. The van der Waals surface area contributed by atoms with E-state index in [-0.39, 0.29) is 0 Å². The molecule has 0 aliphatic rings. The van der Waals surface area contributed by atoms with Crippen molar-refractivity contribution in [3.63, 3.8) is 0 Å². The van der Waals surface area contributed by atoms with Gasteiger partial charge in [0.05, 0.1) is 16.3 Å². The molecule has 0 atom stereocenters. The molecule has 3 rings (SSSR count). The van der Waals surface area contributed by atoms with Gasteiger partial charge in [-0.2, -0.15) is 5.10 Å². The average molecular weight is 498 g/mol. The minimum absolute atomic E-state index is 0.313. The molecule has 0 saturated heterocycles. The van der Waals surface area contributed by atoms with E-state index in [0.29, 0.717) is 33.7 Å². The Balaban J connectivity index is 1.57. The molecule has 0 aromatic heterocycles. The maximum atomic E-state index is 12.4. The third-order valence-electron chi connectivity index (χ3n) is 5.07. The summed E-state index contributed by atoms with van der Waals surface area (Å²) in [6, 6.07) is 18.3. The average Bonchev–Trinajstić information content (AvgIpc) is 2.85. The molecule has 0 fully saturated rings. The zero-order chi connectivity index (χ0) is 24.5. The zero-order valence-corrected chi connectivity index (χ0v) is 20.4. The fourth-order valence-electron chi connectivity index (χ4n) is 3.27. The van der Waals surface area contributed by atoms with Gasteiger partial charge in [-0.15, -0.1) is 0 Å². The lowest BCUT2D eigenvalue weighted by Gasteiger charge is -2.13. The Kier molecular flexibility index (Phi) is 9.08. The molecule has 0 aliphatic heterocycles. The van der Waals surface area contributed by atoms with E-state index in [4.69, 9.17) is 27.9 Å². The number of nitrogens with one attached hydrogen (secondary N) is 2. The number of hydrazone groups is 1. The third kappa shape index (κ3) is 6.83. The second-order valence-corrected chi connectivity index (χ2v) is 8.24. The predicted octanol–water partition coefficient (Wildman–Crippen LogP) is 5.79. The van der Waals surface area contributed by atoms with Crippen LogP contribution in [0, 0.1) is 0 Å². The molecule has 176 valence electrons. The van der Waals surface area contributed by atoms with Crippen molar-refractivity contribution in [3.05, 3.63) is 93.0 Å². The fourth-order valence-corrected chi connectivity index (χ4v) is 3.59. The SMILES string of the molecule is CCc1cccc(CC)c1NC(=O)C(=O)N/N=C\c1cccc(OCc2ccc(Cl)c(Cl)c2)c1. The minimum atomic E-state index is -0.851. The van der Waals surface area contributed by atoms with E-state index in [1.54, 1.807) is 36.4 Å². The Morgan fingerprint density at radius 1 is 0.912 bits per heavy atom. The molecule has 6 nitrogen and oxygen atoms in total. The van der Waals surface area contributed by atoms with Gasteiger partial charge in [0.15, 0.2) is 0 Å². The lowest BCUT2D eigenvalue weighted by atomic mass is 10.0.